The molecule has 0 unspecified atom stereocenters. The van der Waals surface area contributed by atoms with Gasteiger partial charge in [0.15, 0.2) is 5.82 Å². The number of halogens is 3. The Balaban J connectivity index is 1.31. The molecule has 0 saturated carbocycles. The van der Waals surface area contributed by atoms with Crippen molar-refractivity contribution in [2.45, 2.75) is 65.0 Å². The molecular formula is C24H27F3N8O. The fourth-order valence-corrected chi connectivity index (χ4v) is 4.79. The van der Waals surface area contributed by atoms with Crippen LogP contribution in [0, 0.1) is 0 Å². The van der Waals surface area contributed by atoms with Crippen LogP contribution in [0.15, 0.2) is 30.7 Å². The van der Waals surface area contributed by atoms with Crippen molar-refractivity contribution in [3.8, 4) is 0 Å². The third-order valence-electron chi connectivity index (χ3n) is 6.44. The van der Waals surface area contributed by atoms with Crippen LogP contribution < -0.4 is 15.1 Å². The quantitative estimate of drug-likeness (QED) is 0.553. The summed E-state index contributed by atoms with van der Waals surface area (Å²) in [5, 5.41) is 7.57. The molecule has 0 fully saturated rings. The average molecular weight is 501 g/mol. The third-order valence-corrected chi connectivity index (χ3v) is 6.44. The molecule has 9 nitrogen and oxygen atoms in total. The molecule has 0 radical (unpaired) electrons. The Morgan fingerprint density at radius 3 is 2.67 bits per heavy atom. The van der Waals surface area contributed by atoms with Crippen molar-refractivity contribution in [3.63, 3.8) is 0 Å². The first kappa shape index (κ1) is 24.0. The first-order valence-corrected chi connectivity index (χ1v) is 11.9. The molecule has 1 N–H and O–H groups in total. The van der Waals surface area contributed by atoms with Crippen LogP contribution in [0.2, 0.25) is 0 Å². The molecule has 5 heterocycles. The van der Waals surface area contributed by atoms with E-state index in [1.165, 1.54) is 12.3 Å². The van der Waals surface area contributed by atoms with E-state index in [1.807, 2.05) is 36.8 Å². The van der Waals surface area contributed by atoms with Crippen LogP contribution in [0.1, 0.15) is 49.7 Å². The van der Waals surface area contributed by atoms with E-state index in [9.17, 15) is 18.0 Å². The molecule has 2 aliphatic heterocycles. The number of carbonyl (C=O) groups is 1. The fourth-order valence-electron chi connectivity index (χ4n) is 4.79. The van der Waals surface area contributed by atoms with Crippen LogP contribution in [0.3, 0.4) is 0 Å². The minimum atomic E-state index is -4.46. The number of pyridine rings is 1. The molecule has 3 aromatic rings. The van der Waals surface area contributed by atoms with E-state index in [-0.39, 0.29) is 18.0 Å². The molecule has 190 valence electrons. The Morgan fingerprint density at radius 2 is 1.97 bits per heavy atom. The number of aromatic nitrogens is 5. The van der Waals surface area contributed by atoms with E-state index in [0.717, 1.165) is 41.7 Å². The molecule has 0 aromatic carbocycles. The Labute approximate surface area is 206 Å². The van der Waals surface area contributed by atoms with Crippen LogP contribution >= 0.6 is 0 Å². The number of rotatable bonds is 6. The number of carbonyl (C=O) groups excluding carboxylic acids is 1. The van der Waals surface area contributed by atoms with Gasteiger partial charge in [0.2, 0.25) is 11.9 Å². The largest absolute Gasteiger partial charge is 0.433 e. The Hall–Kier alpha value is -3.70. The van der Waals surface area contributed by atoms with Gasteiger partial charge in [-0.15, -0.1) is 0 Å². The molecular weight excluding hydrogens is 473 g/mol. The lowest BCUT2D eigenvalue weighted by molar-refractivity contribution is -0.141. The number of anilines is 3. The van der Waals surface area contributed by atoms with Crippen molar-refractivity contribution in [2.75, 3.05) is 21.7 Å². The molecule has 0 aliphatic carbocycles. The summed E-state index contributed by atoms with van der Waals surface area (Å²) >= 11 is 0. The van der Waals surface area contributed by atoms with E-state index < -0.39 is 11.9 Å². The molecule has 3 aromatic heterocycles. The topological polar surface area (TPSA) is 92.1 Å². The van der Waals surface area contributed by atoms with Gasteiger partial charge < -0.3 is 15.1 Å². The SMILES string of the molecule is CC(C)N1c2nc(NCc3cnn(Cc4ccc(C(F)(F)F)nc4)c3)nc3c2N(CCC3)C(=O)[C@@H]1C. The highest BCUT2D eigenvalue weighted by Gasteiger charge is 2.41. The van der Waals surface area contributed by atoms with Crippen molar-refractivity contribution in [3.05, 3.63) is 53.2 Å². The van der Waals surface area contributed by atoms with Crippen molar-refractivity contribution >= 4 is 23.4 Å². The highest BCUT2D eigenvalue weighted by molar-refractivity contribution is 6.05. The first-order valence-electron chi connectivity index (χ1n) is 11.9. The Bertz CT molecular complexity index is 1270. The molecule has 0 spiro atoms. The molecule has 36 heavy (non-hydrogen) atoms. The summed E-state index contributed by atoms with van der Waals surface area (Å²) in [6.45, 7) is 7.40. The van der Waals surface area contributed by atoms with Gasteiger partial charge in [0.25, 0.3) is 0 Å². The summed E-state index contributed by atoms with van der Waals surface area (Å²) in [6.07, 6.45) is 1.89. The molecule has 0 saturated heterocycles. The predicted octanol–water partition coefficient (Wildman–Crippen LogP) is 3.64. The van der Waals surface area contributed by atoms with Gasteiger partial charge in [-0.2, -0.15) is 23.3 Å². The minimum Gasteiger partial charge on any atom is -0.350 e. The van der Waals surface area contributed by atoms with Crippen LogP contribution in [0.4, 0.5) is 30.6 Å². The van der Waals surface area contributed by atoms with Crippen LogP contribution in [-0.2, 0) is 30.5 Å². The fraction of sp³-hybridized carbons (Fsp3) is 0.458. The lowest BCUT2D eigenvalue weighted by atomic mass is 10.0. The maximum absolute atomic E-state index is 13.0. The zero-order valence-corrected chi connectivity index (χ0v) is 20.2. The van der Waals surface area contributed by atoms with Gasteiger partial charge in [0, 0.05) is 37.1 Å². The van der Waals surface area contributed by atoms with Gasteiger partial charge in [-0.25, -0.2) is 4.98 Å². The van der Waals surface area contributed by atoms with Gasteiger partial charge in [-0.05, 0) is 45.2 Å². The monoisotopic (exact) mass is 500 g/mol. The summed E-state index contributed by atoms with van der Waals surface area (Å²) in [7, 11) is 0. The smallest absolute Gasteiger partial charge is 0.350 e. The standard InChI is InChI=1S/C24H27F3N8O/c1-14(2)35-15(3)22(36)34-8-4-5-18-20(34)21(35)32-23(31-18)29-10-17-11-30-33(13-17)12-16-6-7-19(28-9-16)24(25,26)27/h6-7,9,11,13-15H,4-5,8,10,12H2,1-3H3,(H,29,31,32)/t15-/m0/s1. The van der Waals surface area contributed by atoms with Gasteiger partial charge in [-0.1, -0.05) is 6.07 Å². The minimum absolute atomic E-state index is 0.0807. The second-order valence-corrected chi connectivity index (χ2v) is 9.39. The molecule has 1 atom stereocenters. The number of hydrogen-bond donors (Lipinski definition) is 1. The van der Waals surface area contributed by atoms with Crippen molar-refractivity contribution in [1.29, 1.82) is 0 Å². The van der Waals surface area contributed by atoms with Crippen molar-refractivity contribution in [1.82, 2.24) is 24.7 Å². The summed E-state index contributed by atoms with van der Waals surface area (Å²) in [5.41, 5.74) is 2.26. The summed E-state index contributed by atoms with van der Waals surface area (Å²) in [5.74, 6) is 1.34. The van der Waals surface area contributed by atoms with Gasteiger partial charge >= 0.3 is 6.18 Å². The molecule has 5 rings (SSSR count). The zero-order valence-electron chi connectivity index (χ0n) is 20.2. The highest BCUT2D eigenvalue weighted by atomic mass is 19.4. The average Bonchev–Trinajstić information content (AvgIpc) is 3.28. The summed E-state index contributed by atoms with van der Waals surface area (Å²) in [4.78, 5) is 29.8. The highest BCUT2D eigenvalue weighted by Crippen LogP contribution is 2.41. The van der Waals surface area contributed by atoms with Gasteiger partial charge in [0.05, 0.1) is 18.4 Å². The summed E-state index contributed by atoms with van der Waals surface area (Å²) in [6, 6.07) is 2.16. The first-order chi connectivity index (χ1) is 17.1. The van der Waals surface area contributed by atoms with E-state index in [1.54, 1.807) is 10.9 Å². The van der Waals surface area contributed by atoms with Crippen molar-refractivity contribution < 1.29 is 18.0 Å². The van der Waals surface area contributed by atoms with Crippen LogP contribution in [0.25, 0.3) is 0 Å². The maximum Gasteiger partial charge on any atom is 0.433 e. The number of hydrogen-bond acceptors (Lipinski definition) is 7. The third kappa shape index (κ3) is 4.47. The van der Waals surface area contributed by atoms with E-state index in [4.69, 9.17) is 9.97 Å². The zero-order chi connectivity index (χ0) is 25.6. The Morgan fingerprint density at radius 1 is 1.17 bits per heavy atom. The van der Waals surface area contributed by atoms with Crippen LogP contribution in [-0.4, -0.2) is 49.3 Å². The number of aryl methyl sites for hydroxylation is 1. The molecule has 12 heteroatoms. The number of amides is 1. The van der Waals surface area contributed by atoms with E-state index >= 15 is 0 Å². The molecule has 1 amide bonds. The van der Waals surface area contributed by atoms with Gasteiger partial charge in [-0.3, -0.25) is 14.5 Å². The van der Waals surface area contributed by atoms with Gasteiger partial charge in [0.1, 0.15) is 17.4 Å². The number of nitrogens with zero attached hydrogens (tertiary/aromatic N) is 7. The lowest BCUT2D eigenvalue weighted by Gasteiger charge is -2.44. The van der Waals surface area contributed by atoms with Crippen molar-refractivity contribution in [2.24, 2.45) is 0 Å². The van der Waals surface area contributed by atoms with E-state index in [2.05, 4.69) is 15.4 Å². The summed E-state index contributed by atoms with van der Waals surface area (Å²) < 4.78 is 39.8. The normalized spacial score (nSPS) is 17.5. The number of alkyl halides is 3. The maximum atomic E-state index is 13.0. The van der Waals surface area contributed by atoms with Crippen LogP contribution in [0.5, 0.6) is 0 Å². The number of nitrogens with one attached hydrogen (secondary N) is 1. The Kier molecular flexibility index (Phi) is 6.05. The second-order valence-electron chi connectivity index (χ2n) is 9.39. The molecule has 2 aliphatic rings. The lowest BCUT2D eigenvalue weighted by Crippen LogP contribution is -2.56. The van der Waals surface area contributed by atoms with E-state index in [0.29, 0.717) is 31.1 Å². The molecule has 0 bridgehead atoms. The second kappa shape index (κ2) is 9.07. The predicted molar refractivity (Wildman–Crippen MR) is 128 cm³/mol.